The van der Waals surface area contributed by atoms with Crippen molar-refractivity contribution >= 4 is 28.3 Å². The van der Waals surface area contributed by atoms with Gasteiger partial charge in [0.25, 0.3) is 11.5 Å². The van der Waals surface area contributed by atoms with Gasteiger partial charge < -0.3 is 15.2 Å². The van der Waals surface area contributed by atoms with Crippen LogP contribution in [0.2, 0.25) is 0 Å². The fourth-order valence-corrected chi connectivity index (χ4v) is 2.71. The maximum absolute atomic E-state index is 12.5. The van der Waals surface area contributed by atoms with Gasteiger partial charge in [0, 0.05) is 5.39 Å². The van der Waals surface area contributed by atoms with E-state index in [1.165, 1.54) is 6.07 Å². The van der Waals surface area contributed by atoms with E-state index in [4.69, 9.17) is 15.1 Å². The number of hydrogen-bond acceptors (Lipinski definition) is 7. The van der Waals surface area contributed by atoms with Crippen molar-refractivity contribution in [3.8, 4) is 6.07 Å². The molecule has 2 aromatic carbocycles. The quantitative estimate of drug-likeness (QED) is 0.599. The van der Waals surface area contributed by atoms with Crippen molar-refractivity contribution in [3.63, 3.8) is 0 Å². The van der Waals surface area contributed by atoms with Crippen molar-refractivity contribution < 1.29 is 19.4 Å². The number of nitrogens with one attached hydrogen (secondary N) is 1. The fraction of sp³-hybridized carbons (Fsp3) is 0.150. The zero-order valence-corrected chi connectivity index (χ0v) is 15.2. The highest BCUT2D eigenvalue weighted by Crippen LogP contribution is 2.15. The van der Waals surface area contributed by atoms with Gasteiger partial charge in [-0.1, -0.05) is 30.3 Å². The monoisotopic (exact) mass is 392 g/mol. The van der Waals surface area contributed by atoms with Crippen molar-refractivity contribution in [2.45, 2.75) is 6.54 Å². The van der Waals surface area contributed by atoms with E-state index in [2.05, 4.69) is 10.4 Å². The molecule has 0 aliphatic carbocycles. The topological polar surface area (TPSA) is 134 Å². The number of ether oxygens (including phenoxy) is 1. The predicted octanol–water partition coefficient (Wildman–Crippen LogP) is 1.06. The number of para-hydroxylation sites is 1. The van der Waals surface area contributed by atoms with Gasteiger partial charge in [-0.3, -0.25) is 9.59 Å². The second-order valence-electron chi connectivity index (χ2n) is 5.93. The number of nitrogens with zero attached hydrogens (tertiary/aromatic N) is 3. The Hall–Kier alpha value is -4.03. The molecule has 146 valence electrons. The van der Waals surface area contributed by atoms with Crippen LogP contribution in [-0.2, 0) is 16.1 Å². The molecule has 0 spiro atoms. The lowest BCUT2D eigenvalue weighted by atomic mass is 10.1. The van der Waals surface area contributed by atoms with E-state index < -0.39 is 24.0 Å². The maximum Gasteiger partial charge on any atom is 0.359 e. The minimum atomic E-state index is -0.892. The molecule has 1 heterocycles. The zero-order valence-electron chi connectivity index (χ0n) is 15.2. The van der Waals surface area contributed by atoms with E-state index in [-0.39, 0.29) is 35.2 Å². The van der Waals surface area contributed by atoms with Crippen molar-refractivity contribution in [2.24, 2.45) is 0 Å². The first kappa shape index (κ1) is 19.7. The van der Waals surface area contributed by atoms with Crippen LogP contribution in [0, 0.1) is 11.3 Å². The van der Waals surface area contributed by atoms with Gasteiger partial charge in [0.05, 0.1) is 29.8 Å². The third-order valence-corrected chi connectivity index (χ3v) is 4.03. The molecule has 1 aromatic heterocycles. The number of aliphatic hydroxyl groups excluding tert-OH is 1. The normalized spacial score (nSPS) is 10.3. The van der Waals surface area contributed by atoms with E-state index >= 15 is 0 Å². The van der Waals surface area contributed by atoms with Gasteiger partial charge in [-0.05, 0) is 18.2 Å². The first-order chi connectivity index (χ1) is 14.0. The van der Waals surface area contributed by atoms with Crippen LogP contribution in [0.1, 0.15) is 16.1 Å². The minimum absolute atomic E-state index is 0.0879. The number of carbonyl (C=O) groups is 2. The highest BCUT2D eigenvalue weighted by atomic mass is 16.5. The van der Waals surface area contributed by atoms with Crippen molar-refractivity contribution in [1.29, 1.82) is 5.26 Å². The molecule has 0 fully saturated rings. The lowest BCUT2D eigenvalue weighted by Gasteiger charge is -2.10. The Labute approximate surface area is 164 Å². The molecule has 9 heteroatoms. The van der Waals surface area contributed by atoms with Crippen LogP contribution in [0.4, 0.5) is 5.69 Å². The average molecular weight is 392 g/mol. The molecule has 9 nitrogen and oxygen atoms in total. The van der Waals surface area contributed by atoms with Gasteiger partial charge in [0.15, 0.2) is 12.3 Å². The van der Waals surface area contributed by atoms with E-state index in [9.17, 15) is 14.4 Å². The number of amides is 1. The lowest BCUT2D eigenvalue weighted by Crippen LogP contribution is -2.28. The smallest absolute Gasteiger partial charge is 0.359 e. The van der Waals surface area contributed by atoms with Crippen LogP contribution < -0.4 is 10.9 Å². The Balaban J connectivity index is 1.80. The van der Waals surface area contributed by atoms with Crippen molar-refractivity contribution in [3.05, 3.63) is 70.1 Å². The molecular formula is C20H16N4O5. The number of hydrogen-bond donors (Lipinski definition) is 2. The molecule has 2 N–H and O–H groups in total. The predicted molar refractivity (Wildman–Crippen MR) is 103 cm³/mol. The maximum atomic E-state index is 12.5. The second-order valence-corrected chi connectivity index (χ2v) is 5.93. The summed E-state index contributed by atoms with van der Waals surface area (Å²) < 4.78 is 6.02. The highest BCUT2D eigenvalue weighted by Gasteiger charge is 2.19. The van der Waals surface area contributed by atoms with Crippen LogP contribution in [0.3, 0.4) is 0 Å². The van der Waals surface area contributed by atoms with Gasteiger partial charge in [0.1, 0.15) is 6.07 Å². The average Bonchev–Trinajstić information content (AvgIpc) is 2.74. The fourth-order valence-electron chi connectivity index (χ4n) is 2.71. The largest absolute Gasteiger partial charge is 0.451 e. The first-order valence-electron chi connectivity index (χ1n) is 8.62. The Kier molecular flexibility index (Phi) is 5.97. The molecule has 0 bridgehead atoms. The number of anilines is 1. The summed E-state index contributed by atoms with van der Waals surface area (Å²) in [4.78, 5) is 37.0. The van der Waals surface area contributed by atoms with E-state index in [0.717, 1.165) is 4.68 Å². The van der Waals surface area contributed by atoms with Crippen molar-refractivity contribution in [1.82, 2.24) is 9.78 Å². The van der Waals surface area contributed by atoms with Gasteiger partial charge in [-0.25, -0.2) is 9.48 Å². The Morgan fingerprint density at radius 2 is 1.83 bits per heavy atom. The molecule has 29 heavy (non-hydrogen) atoms. The van der Waals surface area contributed by atoms with Gasteiger partial charge in [-0.2, -0.15) is 10.4 Å². The lowest BCUT2D eigenvalue weighted by molar-refractivity contribution is -0.119. The molecule has 3 rings (SSSR count). The molecule has 0 aliphatic heterocycles. The molecule has 0 unspecified atom stereocenters. The summed E-state index contributed by atoms with van der Waals surface area (Å²) in [6.07, 6.45) is 0. The Morgan fingerprint density at radius 1 is 1.14 bits per heavy atom. The number of carbonyl (C=O) groups excluding carboxylic acids is 2. The summed E-state index contributed by atoms with van der Waals surface area (Å²) in [6.45, 7) is -1.02. The standard InChI is InChI=1S/C20H16N4O5/c21-11-13-5-1-4-8-16(13)22-17(26)12-29-20(28)18-14-6-2-3-7-15(14)19(27)24(23-18)9-10-25/h1-8,25H,9-10,12H2,(H,22,26). The number of benzene rings is 2. The highest BCUT2D eigenvalue weighted by molar-refractivity contribution is 6.03. The summed E-state index contributed by atoms with van der Waals surface area (Å²) in [7, 11) is 0. The number of aromatic nitrogens is 2. The number of aliphatic hydroxyl groups is 1. The number of rotatable bonds is 6. The first-order valence-corrected chi connectivity index (χ1v) is 8.62. The molecule has 0 aliphatic rings. The Bertz CT molecular complexity index is 1180. The zero-order chi connectivity index (χ0) is 20.8. The number of fused-ring (bicyclic) bond motifs is 1. The molecule has 0 atom stereocenters. The molecule has 0 saturated heterocycles. The molecule has 0 radical (unpaired) electrons. The molecule has 3 aromatic rings. The number of esters is 1. The number of nitriles is 1. The Morgan fingerprint density at radius 3 is 2.55 bits per heavy atom. The SMILES string of the molecule is N#Cc1ccccc1NC(=O)COC(=O)c1nn(CCO)c(=O)c2ccccc12. The van der Waals surface area contributed by atoms with Gasteiger partial charge >= 0.3 is 5.97 Å². The summed E-state index contributed by atoms with van der Waals surface area (Å²) >= 11 is 0. The third-order valence-electron chi connectivity index (χ3n) is 4.03. The van der Waals surface area contributed by atoms with Crippen LogP contribution in [0.25, 0.3) is 10.8 Å². The van der Waals surface area contributed by atoms with Crippen LogP contribution in [0.5, 0.6) is 0 Å². The summed E-state index contributed by atoms with van der Waals surface area (Å²) in [5.74, 6) is -1.52. The second kappa shape index (κ2) is 8.77. The molecular weight excluding hydrogens is 376 g/mol. The van der Waals surface area contributed by atoms with Crippen molar-refractivity contribution in [2.75, 3.05) is 18.5 Å². The van der Waals surface area contributed by atoms with Gasteiger partial charge in [-0.15, -0.1) is 0 Å². The van der Waals surface area contributed by atoms with E-state index in [0.29, 0.717) is 5.69 Å². The summed E-state index contributed by atoms with van der Waals surface area (Å²) in [5, 5.41) is 25.2. The molecule has 0 saturated carbocycles. The van der Waals surface area contributed by atoms with E-state index in [1.807, 2.05) is 6.07 Å². The van der Waals surface area contributed by atoms with Crippen LogP contribution in [-0.4, -0.2) is 40.0 Å². The third kappa shape index (κ3) is 4.28. The summed E-state index contributed by atoms with van der Waals surface area (Å²) in [5.41, 5.74) is -0.0111. The minimum Gasteiger partial charge on any atom is -0.451 e. The molecule has 1 amide bonds. The van der Waals surface area contributed by atoms with Crippen LogP contribution in [0.15, 0.2) is 53.3 Å². The van der Waals surface area contributed by atoms with Crippen LogP contribution >= 0.6 is 0 Å². The van der Waals surface area contributed by atoms with Gasteiger partial charge in [0.2, 0.25) is 0 Å². The van der Waals surface area contributed by atoms with E-state index in [1.54, 1.807) is 42.5 Å². The summed E-state index contributed by atoms with van der Waals surface area (Å²) in [6, 6.07) is 14.7.